The predicted molar refractivity (Wildman–Crippen MR) is 107 cm³/mol. The number of hydrogen-bond donors (Lipinski definition) is 2. The van der Waals surface area contributed by atoms with Crippen molar-refractivity contribution < 1.29 is 24.4 Å². The lowest BCUT2D eigenvalue weighted by molar-refractivity contribution is -0.138. The van der Waals surface area contributed by atoms with Gasteiger partial charge in [0.1, 0.15) is 5.75 Å². The summed E-state index contributed by atoms with van der Waals surface area (Å²) >= 11 is 3.40. The monoisotopic (exact) mass is 447 g/mol. The summed E-state index contributed by atoms with van der Waals surface area (Å²) in [6.45, 7) is 2.06. The van der Waals surface area contributed by atoms with Crippen molar-refractivity contribution in [2.75, 3.05) is 7.05 Å². The Morgan fingerprint density at radius 1 is 1.29 bits per heavy atom. The van der Waals surface area contributed by atoms with Crippen LogP contribution in [0, 0.1) is 17.8 Å². The SMILES string of the molecule is CCCC1=C2B(O)O[C@H](c3cc(Br)ccc3O)C[C@H]2[C@H]2C(=O)N(C)C(=O)[C@H]2C1. The highest BCUT2D eigenvalue weighted by Gasteiger charge is 2.56. The summed E-state index contributed by atoms with van der Waals surface area (Å²) in [5.74, 6) is -1.34. The molecule has 0 bridgehead atoms. The van der Waals surface area contributed by atoms with Crippen LogP contribution in [-0.4, -0.2) is 41.0 Å². The normalized spacial score (nSPS) is 30.0. The van der Waals surface area contributed by atoms with Gasteiger partial charge in [0, 0.05) is 17.1 Å². The van der Waals surface area contributed by atoms with Crippen molar-refractivity contribution in [1.29, 1.82) is 0 Å². The molecule has 2 fully saturated rings. The third kappa shape index (κ3) is 3.02. The highest BCUT2D eigenvalue weighted by Crippen LogP contribution is 2.52. The summed E-state index contributed by atoms with van der Waals surface area (Å²) in [5, 5.41) is 21.2. The van der Waals surface area contributed by atoms with E-state index in [1.54, 1.807) is 18.2 Å². The van der Waals surface area contributed by atoms with Crippen LogP contribution in [0.25, 0.3) is 0 Å². The number of imide groups is 1. The largest absolute Gasteiger partial charge is 0.508 e. The van der Waals surface area contributed by atoms with Crippen LogP contribution >= 0.6 is 15.9 Å². The van der Waals surface area contributed by atoms with E-state index in [0.717, 1.165) is 28.4 Å². The number of halogens is 1. The fraction of sp³-hybridized carbons (Fsp3) is 0.500. The number of likely N-dealkylation sites (tertiary alicyclic amines) is 1. The number of carbonyl (C=O) groups is 2. The Bertz CT molecular complexity index is 872. The van der Waals surface area contributed by atoms with Gasteiger partial charge in [-0.15, -0.1) is 0 Å². The van der Waals surface area contributed by atoms with E-state index < -0.39 is 19.1 Å². The van der Waals surface area contributed by atoms with Gasteiger partial charge in [-0.1, -0.05) is 34.8 Å². The standard InChI is InChI=1S/C20H23BBrNO5/c1-3-4-10-7-14-17(20(26)23(2)19(14)25)13-9-16(28-21(27)18(10)13)12-8-11(22)5-6-15(12)24/h5-6,8,13-14,16-17,24,27H,3-4,7,9H2,1-2H3/t13-,14-,16-,17+/m0/s1. The average Bonchev–Trinajstić information content (AvgIpc) is 2.88. The molecule has 1 aromatic rings. The van der Waals surface area contributed by atoms with Crippen molar-refractivity contribution in [1.82, 2.24) is 4.90 Å². The molecule has 0 unspecified atom stereocenters. The first kappa shape index (κ1) is 19.7. The average molecular weight is 448 g/mol. The van der Waals surface area contributed by atoms with Gasteiger partial charge < -0.3 is 14.8 Å². The number of carbonyl (C=O) groups excluding carboxylic acids is 2. The molecule has 28 heavy (non-hydrogen) atoms. The lowest BCUT2D eigenvalue weighted by Crippen LogP contribution is -2.44. The molecule has 4 atom stereocenters. The molecule has 1 aliphatic carbocycles. The van der Waals surface area contributed by atoms with E-state index in [0.29, 0.717) is 18.4 Å². The minimum absolute atomic E-state index is 0.0833. The molecular formula is C20H23BBrNO5. The number of amides is 2. The smallest absolute Gasteiger partial charge is 0.487 e. The lowest BCUT2D eigenvalue weighted by atomic mass is 9.54. The number of aromatic hydroxyl groups is 1. The van der Waals surface area contributed by atoms with Crippen LogP contribution in [0.1, 0.15) is 44.3 Å². The van der Waals surface area contributed by atoms with Crippen molar-refractivity contribution in [3.05, 3.63) is 39.3 Å². The number of phenols is 1. The van der Waals surface area contributed by atoms with Gasteiger partial charge in [0.2, 0.25) is 11.8 Å². The zero-order chi connectivity index (χ0) is 20.2. The molecular weight excluding hydrogens is 425 g/mol. The molecule has 2 aliphatic heterocycles. The molecule has 2 saturated heterocycles. The van der Waals surface area contributed by atoms with E-state index in [1.165, 1.54) is 11.9 Å². The predicted octanol–water partition coefficient (Wildman–Crippen LogP) is 2.98. The number of hydrogen-bond acceptors (Lipinski definition) is 5. The van der Waals surface area contributed by atoms with Crippen molar-refractivity contribution in [3.8, 4) is 5.75 Å². The Morgan fingerprint density at radius 3 is 2.75 bits per heavy atom. The van der Waals surface area contributed by atoms with Crippen LogP contribution in [0.15, 0.2) is 33.7 Å². The number of nitrogens with zero attached hydrogens (tertiary/aromatic N) is 1. The highest BCUT2D eigenvalue weighted by molar-refractivity contribution is 9.10. The van der Waals surface area contributed by atoms with Crippen LogP contribution in [-0.2, 0) is 14.2 Å². The van der Waals surface area contributed by atoms with E-state index in [2.05, 4.69) is 22.9 Å². The Morgan fingerprint density at radius 2 is 2.04 bits per heavy atom. The first-order valence-electron chi connectivity index (χ1n) is 9.68. The van der Waals surface area contributed by atoms with Crippen LogP contribution in [0.3, 0.4) is 0 Å². The van der Waals surface area contributed by atoms with Gasteiger partial charge in [-0.2, -0.15) is 0 Å². The quantitative estimate of drug-likeness (QED) is 0.549. The Kier molecular flexibility index (Phi) is 5.14. The van der Waals surface area contributed by atoms with Gasteiger partial charge in [0.25, 0.3) is 0 Å². The Hall–Kier alpha value is -1.64. The minimum Gasteiger partial charge on any atom is -0.508 e. The highest BCUT2D eigenvalue weighted by atomic mass is 79.9. The molecule has 8 heteroatoms. The van der Waals surface area contributed by atoms with E-state index in [4.69, 9.17) is 4.65 Å². The molecule has 0 saturated carbocycles. The van der Waals surface area contributed by atoms with Crippen LogP contribution in [0.5, 0.6) is 5.75 Å². The maximum absolute atomic E-state index is 12.8. The number of allylic oxidation sites excluding steroid dienone is 2. The molecule has 0 radical (unpaired) electrons. The third-order valence-electron chi connectivity index (χ3n) is 6.32. The van der Waals surface area contributed by atoms with Gasteiger partial charge >= 0.3 is 7.12 Å². The summed E-state index contributed by atoms with van der Waals surface area (Å²) in [6, 6.07) is 5.07. The van der Waals surface area contributed by atoms with E-state index in [-0.39, 0.29) is 29.4 Å². The zero-order valence-electron chi connectivity index (χ0n) is 15.9. The summed E-state index contributed by atoms with van der Waals surface area (Å²) < 4.78 is 6.69. The van der Waals surface area contributed by atoms with Crippen LogP contribution in [0.2, 0.25) is 0 Å². The molecule has 0 spiro atoms. The van der Waals surface area contributed by atoms with Gasteiger partial charge in [0.15, 0.2) is 0 Å². The number of phenolic OH excluding ortho intramolecular Hbond substituents is 1. The molecule has 4 rings (SSSR count). The van der Waals surface area contributed by atoms with Crippen molar-refractivity contribution >= 4 is 34.9 Å². The van der Waals surface area contributed by atoms with Crippen LogP contribution in [0.4, 0.5) is 0 Å². The summed E-state index contributed by atoms with van der Waals surface area (Å²) in [6.07, 6.45) is 2.05. The molecule has 2 amide bonds. The third-order valence-corrected chi connectivity index (χ3v) is 6.81. The van der Waals surface area contributed by atoms with Crippen molar-refractivity contribution in [2.45, 2.75) is 38.7 Å². The van der Waals surface area contributed by atoms with E-state index >= 15 is 0 Å². The second-order valence-corrected chi connectivity index (χ2v) is 8.82. The molecule has 3 aliphatic rings. The maximum atomic E-state index is 12.8. The van der Waals surface area contributed by atoms with E-state index in [1.807, 2.05) is 0 Å². The molecule has 2 heterocycles. The second kappa shape index (κ2) is 7.32. The minimum atomic E-state index is -1.14. The maximum Gasteiger partial charge on any atom is 0.487 e. The van der Waals surface area contributed by atoms with Crippen LogP contribution < -0.4 is 0 Å². The van der Waals surface area contributed by atoms with Gasteiger partial charge in [-0.3, -0.25) is 14.5 Å². The molecule has 2 N–H and O–H groups in total. The number of benzene rings is 1. The molecule has 6 nitrogen and oxygen atoms in total. The topological polar surface area (TPSA) is 87.1 Å². The number of fused-ring (bicyclic) bond motifs is 3. The van der Waals surface area contributed by atoms with E-state index in [9.17, 15) is 19.7 Å². The summed E-state index contributed by atoms with van der Waals surface area (Å²) in [5.41, 5.74) is 2.37. The fourth-order valence-electron chi connectivity index (χ4n) is 5.09. The lowest BCUT2D eigenvalue weighted by Gasteiger charge is -2.42. The molecule has 1 aromatic carbocycles. The Labute approximate surface area is 172 Å². The molecule has 148 valence electrons. The van der Waals surface area contributed by atoms with Gasteiger partial charge in [-0.05, 0) is 48.9 Å². The number of rotatable bonds is 3. The first-order chi connectivity index (χ1) is 13.3. The zero-order valence-corrected chi connectivity index (χ0v) is 17.5. The fourth-order valence-corrected chi connectivity index (χ4v) is 5.47. The summed E-state index contributed by atoms with van der Waals surface area (Å²) in [7, 11) is 0.397. The Balaban J connectivity index is 1.77. The van der Waals surface area contributed by atoms with Gasteiger partial charge in [-0.25, -0.2) is 0 Å². The second-order valence-electron chi connectivity index (χ2n) is 7.90. The van der Waals surface area contributed by atoms with Gasteiger partial charge in [0.05, 0.1) is 17.9 Å². The van der Waals surface area contributed by atoms with Crippen molar-refractivity contribution in [3.63, 3.8) is 0 Å². The van der Waals surface area contributed by atoms with Crippen molar-refractivity contribution in [2.24, 2.45) is 17.8 Å². The molecule has 0 aromatic heterocycles. The summed E-state index contributed by atoms with van der Waals surface area (Å²) in [4.78, 5) is 26.7. The first-order valence-corrected chi connectivity index (χ1v) is 10.5.